The van der Waals surface area contributed by atoms with Crippen molar-refractivity contribution in [1.29, 1.82) is 0 Å². The van der Waals surface area contributed by atoms with E-state index in [1.54, 1.807) is 17.5 Å². The number of hydrogen-bond acceptors (Lipinski definition) is 4. The van der Waals surface area contributed by atoms with Gasteiger partial charge in [0.05, 0.1) is 16.4 Å². The largest absolute Gasteiger partial charge is 0.338 e. The van der Waals surface area contributed by atoms with Crippen LogP contribution in [0, 0.1) is 0 Å². The van der Waals surface area contributed by atoms with Gasteiger partial charge in [0, 0.05) is 24.7 Å². The summed E-state index contributed by atoms with van der Waals surface area (Å²) in [6.45, 7) is 3.26. The minimum absolute atomic E-state index is 0.0933. The number of carbonyl (C=O) groups is 1. The molecule has 112 valence electrons. The van der Waals surface area contributed by atoms with Crippen LogP contribution in [0.2, 0.25) is 0 Å². The van der Waals surface area contributed by atoms with Gasteiger partial charge in [-0.15, -0.1) is 11.3 Å². The van der Waals surface area contributed by atoms with Crippen molar-refractivity contribution in [2.75, 3.05) is 13.1 Å². The second-order valence-corrected chi connectivity index (χ2v) is 5.53. The summed E-state index contributed by atoms with van der Waals surface area (Å²) in [5, 5.41) is 8.70. The Labute approximate surface area is 128 Å². The molecule has 2 N–H and O–H groups in total. The Hall–Kier alpha value is -1.95. The Bertz CT molecular complexity index is 556. The summed E-state index contributed by atoms with van der Waals surface area (Å²) in [5.41, 5.74) is 1.86. The van der Waals surface area contributed by atoms with Gasteiger partial charge in [0.1, 0.15) is 0 Å². The van der Waals surface area contributed by atoms with E-state index in [9.17, 15) is 4.79 Å². The molecule has 0 radical (unpaired) electrons. The fourth-order valence-corrected chi connectivity index (χ4v) is 2.72. The van der Waals surface area contributed by atoms with Crippen LogP contribution in [0.15, 0.2) is 29.8 Å². The number of urea groups is 1. The Morgan fingerprint density at radius 1 is 1.24 bits per heavy atom. The van der Waals surface area contributed by atoms with Gasteiger partial charge in [-0.3, -0.25) is 4.98 Å². The Balaban J connectivity index is 1.70. The van der Waals surface area contributed by atoms with Crippen LogP contribution in [-0.4, -0.2) is 29.1 Å². The molecule has 0 aliphatic rings. The summed E-state index contributed by atoms with van der Waals surface area (Å²) in [6, 6.07) is 5.74. The van der Waals surface area contributed by atoms with Crippen LogP contribution < -0.4 is 10.6 Å². The number of pyridine rings is 1. The molecule has 2 aromatic heterocycles. The molecule has 2 rings (SSSR count). The number of aryl methyl sites for hydroxylation is 1. The smallest absolute Gasteiger partial charge is 0.314 e. The number of hydrogen-bond donors (Lipinski definition) is 2. The molecule has 0 aliphatic heterocycles. The van der Waals surface area contributed by atoms with Gasteiger partial charge in [0.25, 0.3) is 0 Å². The number of unbranched alkanes of at least 4 members (excludes halogenated alkanes) is 1. The predicted molar refractivity (Wildman–Crippen MR) is 85.4 cm³/mol. The highest BCUT2D eigenvalue weighted by Gasteiger charge is 2.05. The first-order valence-electron chi connectivity index (χ1n) is 7.17. The summed E-state index contributed by atoms with van der Waals surface area (Å²) in [5.74, 6) is 0. The molecule has 0 saturated heterocycles. The molecule has 0 spiro atoms. The third kappa shape index (κ3) is 5.15. The zero-order valence-electron chi connectivity index (χ0n) is 12.1. The summed E-state index contributed by atoms with van der Waals surface area (Å²) >= 11 is 1.67. The van der Waals surface area contributed by atoms with Crippen LogP contribution in [0.1, 0.15) is 24.8 Å². The maximum absolute atomic E-state index is 11.2. The van der Waals surface area contributed by atoms with E-state index in [0.717, 1.165) is 35.7 Å². The van der Waals surface area contributed by atoms with Crippen LogP contribution in [0.25, 0.3) is 11.4 Å². The van der Waals surface area contributed by atoms with Crippen molar-refractivity contribution >= 4 is 17.4 Å². The van der Waals surface area contributed by atoms with E-state index < -0.39 is 0 Å². The van der Waals surface area contributed by atoms with Gasteiger partial charge < -0.3 is 10.6 Å². The second-order valence-electron chi connectivity index (χ2n) is 4.58. The molecule has 2 amide bonds. The highest BCUT2D eigenvalue weighted by molar-refractivity contribution is 7.09. The second kappa shape index (κ2) is 8.36. The van der Waals surface area contributed by atoms with E-state index in [0.29, 0.717) is 13.1 Å². The average molecular weight is 304 g/mol. The van der Waals surface area contributed by atoms with E-state index >= 15 is 0 Å². The van der Waals surface area contributed by atoms with Crippen molar-refractivity contribution in [2.45, 2.75) is 26.2 Å². The van der Waals surface area contributed by atoms with Crippen molar-refractivity contribution in [3.05, 3.63) is 34.8 Å². The van der Waals surface area contributed by atoms with Crippen molar-refractivity contribution in [1.82, 2.24) is 20.6 Å². The molecule has 2 heterocycles. The van der Waals surface area contributed by atoms with Gasteiger partial charge in [0.2, 0.25) is 0 Å². The highest BCUT2D eigenvalue weighted by atomic mass is 32.1. The number of amides is 2. The van der Waals surface area contributed by atoms with E-state index in [-0.39, 0.29) is 6.03 Å². The number of rotatable bonds is 7. The number of nitrogens with one attached hydrogen (secondary N) is 2. The minimum Gasteiger partial charge on any atom is -0.338 e. The van der Waals surface area contributed by atoms with Gasteiger partial charge in [-0.2, -0.15) is 0 Å². The first-order chi connectivity index (χ1) is 10.3. The van der Waals surface area contributed by atoms with Gasteiger partial charge >= 0.3 is 6.03 Å². The minimum atomic E-state index is -0.0933. The Morgan fingerprint density at radius 2 is 2.14 bits per heavy atom. The van der Waals surface area contributed by atoms with E-state index in [1.165, 1.54) is 0 Å². The molecular weight excluding hydrogens is 284 g/mol. The van der Waals surface area contributed by atoms with Crippen LogP contribution in [0.5, 0.6) is 0 Å². The molecule has 5 nitrogen and oxygen atoms in total. The molecule has 21 heavy (non-hydrogen) atoms. The first kappa shape index (κ1) is 15.4. The third-order valence-electron chi connectivity index (χ3n) is 2.92. The topological polar surface area (TPSA) is 66.9 Å². The maximum Gasteiger partial charge on any atom is 0.314 e. The zero-order valence-corrected chi connectivity index (χ0v) is 12.9. The number of aromatic nitrogens is 2. The molecule has 0 saturated carbocycles. The van der Waals surface area contributed by atoms with Gasteiger partial charge in [-0.25, -0.2) is 9.78 Å². The highest BCUT2D eigenvalue weighted by Crippen LogP contribution is 2.20. The SMILES string of the molecule is CCNC(=O)NCCCCc1nc(-c2ccccn2)cs1. The van der Waals surface area contributed by atoms with Crippen molar-refractivity contribution < 1.29 is 4.79 Å². The van der Waals surface area contributed by atoms with Crippen LogP contribution in [-0.2, 0) is 6.42 Å². The normalized spacial score (nSPS) is 10.3. The quantitative estimate of drug-likeness (QED) is 0.773. The monoisotopic (exact) mass is 304 g/mol. The van der Waals surface area contributed by atoms with Crippen molar-refractivity contribution in [2.24, 2.45) is 0 Å². The van der Waals surface area contributed by atoms with Crippen LogP contribution in [0.3, 0.4) is 0 Å². The number of nitrogens with zero attached hydrogens (tertiary/aromatic N) is 2. The van der Waals surface area contributed by atoms with Gasteiger partial charge in [-0.05, 0) is 38.3 Å². The van der Waals surface area contributed by atoms with E-state index in [4.69, 9.17) is 0 Å². The first-order valence-corrected chi connectivity index (χ1v) is 8.05. The Morgan fingerprint density at radius 3 is 2.90 bits per heavy atom. The Kier molecular flexibility index (Phi) is 6.15. The van der Waals surface area contributed by atoms with Crippen LogP contribution >= 0.6 is 11.3 Å². The molecule has 0 atom stereocenters. The number of carbonyl (C=O) groups excluding carboxylic acids is 1. The fraction of sp³-hybridized carbons (Fsp3) is 0.400. The van der Waals surface area contributed by atoms with Crippen molar-refractivity contribution in [3.63, 3.8) is 0 Å². The molecule has 2 aromatic rings. The van der Waals surface area contributed by atoms with Gasteiger partial charge in [-0.1, -0.05) is 6.07 Å². The molecule has 0 bridgehead atoms. The van der Waals surface area contributed by atoms with E-state index in [1.807, 2.05) is 30.5 Å². The molecular formula is C15H20N4OS. The maximum atomic E-state index is 11.2. The summed E-state index contributed by atoms with van der Waals surface area (Å²) in [7, 11) is 0. The summed E-state index contributed by atoms with van der Waals surface area (Å²) < 4.78 is 0. The van der Waals surface area contributed by atoms with Crippen LogP contribution in [0.4, 0.5) is 4.79 Å². The lowest BCUT2D eigenvalue weighted by Crippen LogP contribution is -2.35. The zero-order chi connectivity index (χ0) is 14.9. The summed E-state index contributed by atoms with van der Waals surface area (Å²) in [4.78, 5) is 20.1. The lowest BCUT2D eigenvalue weighted by Gasteiger charge is -2.04. The fourth-order valence-electron chi connectivity index (χ4n) is 1.88. The molecule has 0 fully saturated rings. The predicted octanol–water partition coefficient (Wildman–Crippen LogP) is 2.85. The molecule has 0 unspecified atom stereocenters. The van der Waals surface area contributed by atoms with Gasteiger partial charge in [0.15, 0.2) is 0 Å². The lowest BCUT2D eigenvalue weighted by atomic mass is 10.2. The standard InChI is InChI=1S/C15H20N4OS/c1-2-16-15(20)18-10-6-4-8-14-19-13(11-21-14)12-7-3-5-9-17-12/h3,5,7,9,11H,2,4,6,8,10H2,1H3,(H2,16,18,20). The number of thiazole rings is 1. The average Bonchev–Trinajstić information content (AvgIpc) is 2.97. The van der Waals surface area contributed by atoms with E-state index in [2.05, 4.69) is 20.6 Å². The molecule has 0 aromatic carbocycles. The lowest BCUT2D eigenvalue weighted by molar-refractivity contribution is 0.241. The third-order valence-corrected chi connectivity index (χ3v) is 3.83. The molecule has 6 heteroatoms. The van der Waals surface area contributed by atoms with Crippen molar-refractivity contribution in [3.8, 4) is 11.4 Å². The summed E-state index contributed by atoms with van der Waals surface area (Å²) in [6.07, 6.45) is 4.69. The molecule has 0 aliphatic carbocycles.